The van der Waals surface area contributed by atoms with Crippen LogP contribution < -0.4 is 5.32 Å². The highest BCUT2D eigenvalue weighted by atomic mass is 35.5. The Balaban J connectivity index is 2.73. The third-order valence-electron chi connectivity index (χ3n) is 2.31. The Kier molecular flexibility index (Phi) is 2.58. The largest absolute Gasteiger partial charge is 0.477 e. The highest BCUT2D eigenvalue weighted by Crippen LogP contribution is 2.29. The molecule has 0 bridgehead atoms. The normalized spacial score (nSPS) is 15.9. The molecule has 1 aromatic rings. The van der Waals surface area contributed by atoms with E-state index < -0.39 is 17.4 Å². The summed E-state index contributed by atoms with van der Waals surface area (Å²) in [6, 6.07) is 6.00. The van der Waals surface area contributed by atoms with Crippen molar-refractivity contribution in [1.29, 1.82) is 5.26 Å². The predicted octanol–water partition coefficient (Wildman–Crippen LogP) is 1.40. The number of carboxylic acid groups (broad SMARTS) is 1. The maximum absolute atomic E-state index is 11.5. The second kappa shape index (κ2) is 3.92. The lowest BCUT2D eigenvalue weighted by molar-refractivity contribution is -0.132. The van der Waals surface area contributed by atoms with Crippen molar-refractivity contribution >= 4 is 29.2 Å². The number of amides is 1. The second-order valence-electron chi connectivity index (χ2n) is 3.31. The zero-order chi connectivity index (χ0) is 12.6. The van der Waals surface area contributed by atoms with Crippen molar-refractivity contribution in [2.24, 2.45) is 0 Å². The Hall–Kier alpha value is -2.32. The molecule has 5 nitrogen and oxygen atoms in total. The molecule has 6 heteroatoms. The van der Waals surface area contributed by atoms with E-state index in [0.717, 1.165) is 0 Å². The van der Waals surface area contributed by atoms with E-state index in [-0.39, 0.29) is 5.70 Å². The zero-order valence-electron chi connectivity index (χ0n) is 8.32. The van der Waals surface area contributed by atoms with Crippen molar-refractivity contribution in [3.8, 4) is 6.07 Å². The van der Waals surface area contributed by atoms with Crippen LogP contribution in [0.5, 0.6) is 0 Å². The molecule has 0 unspecified atom stereocenters. The molecule has 0 fully saturated rings. The average molecular weight is 249 g/mol. The molecule has 1 aliphatic heterocycles. The number of carbonyl (C=O) groups is 2. The van der Waals surface area contributed by atoms with Crippen LogP contribution in [-0.2, 0) is 4.79 Å². The van der Waals surface area contributed by atoms with Gasteiger partial charge >= 0.3 is 5.97 Å². The first-order valence-electron chi connectivity index (χ1n) is 4.53. The zero-order valence-corrected chi connectivity index (χ0v) is 9.08. The first kappa shape index (κ1) is 11.2. The summed E-state index contributed by atoms with van der Waals surface area (Å²) in [6.45, 7) is 0. The van der Waals surface area contributed by atoms with E-state index in [1.807, 2.05) is 0 Å². The number of benzene rings is 1. The van der Waals surface area contributed by atoms with Crippen LogP contribution in [0.2, 0.25) is 5.02 Å². The quantitative estimate of drug-likeness (QED) is 0.581. The van der Waals surface area contributed by atoms with Gasteiger partial charge < -0.3 is 10.4 Å². The van der Waals surface area contributed by atoms with Gasteiger partial charge in [0.05, 0.1) is 5.70 Å². The van der Waals surface area contributed by atoms with Crippen molar-refractivity contribution in [3.05, 3.63) is 39.9 Å². The SMILES string of the molecule is N#CC(C(=O)O)=C1NC(=O)c2ccc(Cl)cc21. The highest BCUT2D eigenvalue weighted by Gasteiger charge is 2.28. The molecule has 0 saturated heterocycles. The molecule has 1 heterocycles. The third kappa shape index (κ3) is 1.75. The summed E-state index contributed by atoms with van der Waals surface area (Å²) >= 11 is 5.77. The number of hydrogen-bond donors (Lipinski definition) is 2. The lowest BCUT2D eigenvalue weighted by Gasteiger charge is -2.01. The van der Waals surface area contributed by atoms with E-state index in [0.29, 0.717) is 16.1 Å². The lowest BCUT2D eigenvalue weighted by atomic mass is 10.1. The highest BCUT2D eigenvalue weighted by molar-refractivity contribution is 6.31. The van der Waals surface area contributed by atoms with Gasteiger partial charge in [-0.2, -0.15) is 5.26 Å². The minimum atomic E-state index is -1.39. The average Bonchev–Trinajstić information content (AvgIpc) is 2.56. The first-order valence-corrected chi connectivity index (χ1v) is 4.91. The van der Waals surface area contributed by atoms with E-state index in [9.17, 15) is 9.59 Å². The van der Waals surface area contributed by atoms with Gasteiger partial charge in [0.1, 0.15) is 6.07 Å². The van der Waals surface area contributed by atoms with E-state index in [2.05, 4.69) is 5.32 Å². The molecule has 0 spiro atoms. The molecule has 0 saturated carbocycles. The molecule has 0 atom stereocenters. The fourth-order valence-electron chi connectivity index (χ4n) is 1.58. The number of carboxylic acids is 1. The number of rotatable bonds is 1. The minimum absolute atomic E-state index is 0.0116. The van der Waals surface area contributed by atoms with Crippen LogP contribution in [0, 0.1) is 11.3 Å². The number of hydrogen-bond acceptors (Lipinski definition) is 3. The molecule has 2 N–H and O–H groups in total. The Morgan fingerprint density at radius 3 is 2.71 bits per heavy atom. The smallest absolute Gasteiger partial charge is 0.348 e. The number of nitrogens with one attached hydrogen (secondary N) is 1. The number of nitriles is 1. The maximum atomic E-state index is 11.5. The van der Waals surface area contributed by atoms with Gasteiger partial charge in [-0.15, -0.1) is 0 Å². The van der Waals surface area contributed by atoms with Crippen molar-refractivity contribution in [2.45, 2.75) is 0 Å². The maximum Gasteiger partial charge on any atom is 0.348 e. The summed E-state index contributed by atoms with van der Waals surface area (Å²) in [5.74, 6) is -1.84. The van der Waals surface area contributed by atoms with Crippen LogP contribution >= 0.6 is 11.6 Å². The fourth-order valence-corrected chi connectivity index (χ4v) is 1.75. The predicted molar refractivity (Wildman–Crippen MR) is 59.1 cm³/mol. The second-order valence-corrected chi connectivity index (χ2v) is 3.75. The Morgan fingerprint density at radius 1 is 1.41 bits per heavy atom. The summed E-state index contributed by atoms with van der Waals surface area (Å²) in [6.07, 6.45) is 0. The van der Waals surface area contributed by atoms with Gasteiger partial charge in [0, 0.05) is 16.1 Å². The van der Waals surface area contributed by atoms with Gasteiger partial charge in [-0.25, -0.2) is 4.79 Å². The summed E-state index contributed by atoms with van der Waals surface area (Å²) in [5.41, 5.74) is 0.113. The minimum Gasteiger partial charge on any atom is -0.477 e. The number of nitrogens with zero attached hydrogens (tertiary/aromatic N) is 1. The Bertz CT molecular complexity index is 614. The van der Waals surface area contributed by atoms with Gasteiger partial charge in [-0.1, -0.05) is 11.6 Å². The number of aliphatic carboxylic acids is 1. The van der Waals surface area contributed by atoms with Crippen LogP contribution in [0.15, 0.2) is 23.8 Å². The van der Waals surface area contributed by atoms with Crippen molar-refractivity contribution in [3.63, 3.8) is 0 Å². The van der Waals surface area contributed by atoms with Crippen LogP contribution in [0.25, 0.3) is 5.70 Å². The standard InChI is InChI=1S/C11H5ClN2O3/c12-5-1-2-6-7(3-5)9(14-10(6)15)8(4-13)11(16)17/h1-3H,(H,14,15)(H,16,17). The van der Waals surface area contributed by atoms with E-state index in [1.165, 1.54) is 18.2 Å². The number of halogens is 1. The molecular formula is C11H5ClN2O3. The topological polar surface area (TPSA) is 90.2 Å². The van der Waals surface area contributed by atoms with Crippen LogP contribution in [0.1, 0.15) is 15.9 Å². The van der Waals surface area contributed by atoms with Gasteiger partial charge in [-0.05, 0) is 18.2 Å². The molecule has 84 valence electrons. The number of carbonyl (C=O) groups excluding carboxylic acids is 1. The van der Waals surface area contributed by atoms with Gasteiger partial charge in [0.2, 0.25) is 0 Å². The molecule has 0 aliphatic carbocycles. The molecule has 1 amide bonds. The van der Waals surface area contributed by atoms with Gasteiger partial charge in [0.25, 0.3) is 5.91 Å². The first-order chi connectivity index (χ1) is 8.04. The molecule has 0 aromatic heterocycles. The molecule has 1 aromatic carbocycles. The van der Waals surface area contributed by atoms with Gasteiger partial charge in [0.15, 0.2) is 5.57 Å². The molecule has 2 rings (SSSR count). The van der Waals surface area contributed by atoms with E-state index in [4.69, 9.17) is 22.0 Å². The molecule has 0 radical (unpaired) electrons. The summed E-state index contributed by atoms with van der Waals surface area (Å²) in [7, 11) is 0. The van der Waals surface area contributed by atoms with Crippen molar-refractivity contribution in [1.82, 2.24) is 5.32 Å². The van der Waals surface area contributed by atoms with Gasteiger partial charge in [-0.3, -0.25) is 4.79 Å². The molecule has 17 heavy (non-hydrogen) atoms. The van der Waals surface area contributed by atoms with Crippen LogP contribution in [-0.4, -0.2) is 17.0 Å². The van der Waals surface area contributed by atoms with Crippen molar-refractivity contribution in [2.75, 3.05) is 0 Å². The van der Waals surface area contributed by atoms with Crippen LogP contribution in [0.3, 0.4) is 0 Å². The van der Waals surface area contributed by atoms with Crippen LogP contribution in [0.4, 0.5) is 0 Å². The van der Waals surface area contributed by atoms with E-state index in [1.54, 1.807) is 6.07 Å². The number of fused-ring (bicyclic) bond motifs is 1. The Labute approximate surface area is 101 Å². The summed E-state index contributed by atoms with van der Waals surface area (Å²) in [5, 5.41) is 20.3. The molecular weight excluding hydrogens is 244 g/mol. The fraction of sp³-hybridized carbons (Fsp3) is 0. The molecule has 1 aliphatic rings. The summed E-state index contributed by atoms with van der Waals surface area (Å²) < 4.78 is 0. The Morgan fingerprint density at radius 2 is 2.12 bits per heavy atom. The van der Waals surface area contributed by atoms with Crippen molar-refractivity contribution < 1.29 is 14.7 Å². The summed E-state index contributed by atoms with van der Waals surface area (Å²) in [4.78, 5) is 22.4. The lowest BCUT2D eigenvalue weighted by Crippen LogP contribution is -2.15. The third-order valence-corrected chi connectivity index (χ3v) is 2.54. The van der Waals surface area contributed by atoms with E-state index >= 15 is 0 Å². The monoisotopic (exact) mass is 248 g/mol.